The van der Waals surface area contributed by atoms with Crippen molar-refractivity contribution in [2.24, 2.45) is 0 Å². The zero-order valence-electron chi connectivity index (χ0n) is 14.6. The normalized spacial score (nSPS) is 16.9. The van der Waals surface area contributed by atoms with Crippen LogP contribution in [0.25, 0.3) is 11.0 Å². The number of aromatic nitrogens is 2. The van der Waals surface area contributed by atoms with E-state index in [1.165, 1.54) is 0 Å². The summed E-state index contributed by atoms with van der Waals surface area (Å²) in [6, 6.07) is 13.6. The molecule has 1 unspecified atom stereocenters. The van der Waals surface area contributed by atoms with E-state index in [1.54, 1.807) is 0 Å². The molecule has 2 N–H and O–H groups in total. The fourth-order valence-electron chi connectivity index (χ4n) is 3.48. The van der Waals surface area contributed by atoms with Crippen LogP contribution in [0, 0.1) is 6.92 Å². The number of aryl methyl sites for hydroxylation is 1. The van der Waals surface area contributed by atoms with Crippen molar-refractivity contribution in [3.8, 4) is 0 Å². The molecule has 1 saturated heterocycles. The van der Waals surface area contributed by atoms with Gasteiger partial charge in [-0.25, -0.2) is 4.98 Å². The van der Waals surface area contributed by atoms with E-state index in [0.29, 0.717) is 11.6 Å². The topological polar surface area (TPSA) is 59.0 Å². The molecule has 1 aliphatic rings. The van der Waals surface area contributed by atoms with E-state index in [9.17, 15) is 4.79 Å². The van der Waals surface area contributed by atoms with E-state index in [4.69, 9.17) is 11.6 Å². The van der Waals surface area contributed by atoms with Crippen LogP contribution in [0.4, 0.5) is 5.69 Å². The summed E-state index contributed by atoms with van der Waals surface area (Å²) in [6.45, 7) is 3.50. The van der Waals surface area contributed by atoms with Gasteiger partial charge in [0.2, 0.25) is 5.91 Å². The lowest BCUT2D eigenvalue weighted by atomic mass is 10.1. The molecule has 4 rings (SSSR count). The van der Waals surface area contributed by atoms with Gasteiger partial charge in [0.25, 0.3) is 0 Å². The quantitative estimate of drug-likeness (QED) is 0.737. The monoisotopic (exact) mass is 368 g/mol. The van der Waals surface area contributed by atoms with E-state index < -0.39 is 0 Å². The summed E-state index contributed by atoms with van der Waals surface area (Å²) in [5, 5.41) is 6.89. The van der Waals surface area contributed by atoms with Gasteiger partial charge in [-0.3, -0.25) is 4.79 Å². The molecule has 0 radical (unpaired) electrons. The number of rotatable bonds is 4. The fraction of sp³-hybridized carbons (Fsp3) is 0.300. The predicted molar refractivity (Wildman–Crippen MR) is 105 cm³/mol. The molecule has 0 bridgehead atoms. The van der Waals surface area contributed by atoms with E-state index >= 15 is 0 Å². The van der Waals surface area contributed by atoms with Crippen molar-refractivity contribution >= 4 is 34.2 Å². The Balaban J connectivity index is 1.60. The average Bonchev–Trinajstić information content (AvgIpc) is 3.27. The average molecular weight is 369 g/mol. The lowest BCUT2D eigenvalue weighted by Gasteiger charge is -2.14. The summed E-state index contributed by atoms with van der Waals surface area (Å²) in [7, 11) is 0. The van der Waals surface area contributed by atoms with E-state index in [2.05, 4.69) is 26.3 Å². The zero-order chi connectivity index (χ0) is 18.1. The van der Waals surface area contributed by atoms with Gasteiger partial charge >= 0.3 is 0 Å². The molecule has 6 heteroatoms. The number of carbonyl (C=O) groups is 1. The Labute approximate surface area is 157 Å². The third kappa shape index (κ3) is 3.32. The van der Waals surface area contributed by atoms with E-state index in [-0.39, 0.29) is 11.9 Å². The summed E-state index contributed by atoms with van der Waals surface area (Å²) < 4.78 is 2.14. The molecule has 1 amide bonds. The van der Waals surface area contributed by atoms with Crippen LogP contribution < -0.4 is 10.6 Å². The first-order chi connectivity index (χ1) is 12.6. The van der Waals surface area contributed by atoms with Crippen LogP contribution in [0.15, 0.2) is 42.5 Å². The van der Waals surface area contributed by atoms with Gasteiger partial charge < -0.3 is 15.2 Å². The van der Waals surface area contributed by atoms with Crippen molar-refractivity contribution in [3.63, 3.8) is 0 Å². The highest BCUT2D eigenvalue weighted by atomic mass is 35.5. The van der Waals surface area contributed by atoms with Gasteiger partial charge in [0.05, 0.1) is 23.6 Å². The van der Waals surface area contributed by atoms with Crippen LogP contribution in [0.5, 0.6) is 0 Å². The molecule has 3 aromatic rings. The van der Waals surface area contributed by atoms with Crippen LogP contribution in [0.3, 0.4) is 0 Å². The predicted octanol–water partition coefficient (Wildman–Crippen LogP) is 3.74. The molecule has 1 aromatic heterocycles. The number of hydrogen-bond acceptors (Lipinski definition) is 3. The standard InChI is InChI=1S/C20H21ClN4O/c1-13-23-17-5-2-3-7-19(17)25(13)12-14-11-15(8-9-16(14)21)24-20(26)18-6-4-10-22-18/h2-3,5,7-9,11,18,22H,4,6,10,12H2,1H3,(H,24,26). The minimum atomic E-state index is -0.103. The highest BCUT2D eigenvalue weighted by Crippen LogP contribution is 2.25. The second-order valence-corrected chi connectivity index (χ2v) is 7.09. The Morgan fingerprint density at radius 1 is 1.35 bits per heavy atom. The molecule has 2 heterocycles. The molecule has 134 valence electrons. The van der Waals surface area contributed by atoms with Crippen molar-refractivity contribution in [2.45, 2.75) is 32.4 Å². The first-order valence-corrected chi connectivity index (χ1v) is 9.24. The van der Waals surface area contributed by atoms with Gasteiger partial charge in [-0.05, 0) is 62.2 Å². The molecule has 2 aromatic carbocycles. The van der Waals surface area contributed by atoms with E-state index in [0.717, 1.165) is 47.5 Å². The molecule has 5 nitrogen and oxygen atoms in total. The maximum absolute atomic E-state index is 12.3. The molecule has 26 heavy (non-hydrogen) atoms. The summed E-state index contributed by atoms with van der Waals surface area (Å²) in [5.74, 6) is 0.951. The number of benzene rings is 2. The highest BCUT2D eigenvalue weighted by Gasteiger charge is 2.22. The second-order valence-electron chi connectivity index (χ2n) is 6.68. The first-order valence-electron chi connectivity index (χ1n) is 8.86. The SMILES string of the molecule is Cc1nc2ccccc2n1Cc1cc(NC(=O)C2CCCN2)ccc1Cl. The number of nitrogens with one attached hydrogen (secondary N) is 2. The van der Waals surface area contributed by atoms with Gasteiger partial charge in [-0.1, -0.05) is 23.7 Å². The minimum absolute atomic E-state index is 0.0139. The van der Waals surface area contributed by atoms with Crippen LogP contribution >= 0.6 is 11.6 Å². The molecule has 0 aliphatic carbocycles. The smallest absolute Gasteiger partial charge is 0.241 e. The fourth-order valence-corrected chi connectivity index (χ4v) is 3.65. The highest BCUT2D eigenvalue weighted by molar-refractivity contribution is 6.31. The number of carbonyl (C=O) groups excluding carboxylic acids is 1. The Kier molecular flexibility index (Phi) is 4.66. The molecular formula is C20H21ClN4O. The molecule has 0 saturated carbocycles. The van der Waals surface area contributed by atoms with Crippen molar-refractivity contribution in [3.05, 3.63) is 58.9 Å². The maximum atomic E-state index is 12.3. The van der Waals surface area contributed by atoms with Gasteiger partial charge in [0.15, 0.2) is 0 Å². The maximum Gasteiger partial charge on any atom is 0.241 e. The molecule has 0 spiro atoms. The Bertz CT molecular complexity index is 960. The van der Waals surface area contributed by atoms with Crippen molar-refractivity contribution < 1.29 is 4.79 Å². The summed E-state index contributed by atoms with van der Waals surface area (Å²) >= 11 is 6.42. The summed E-state index contributed by atoms with van der Waals surface area (Å²) in [4.78, 5) is 16.9. The van der Waals surface area contributed by atoms with Gasteiger partial charge in [0, 0.05) is 10.7 Å². The largest absolute Gasteiger partial charge is 0.325 e. The lowest BCUT2D eigenvalue weighted by Crippen LogP contribution is -2.35. The third-order valence-corrected chi connectivity index (χ3v) is 5.23. The Morgan fingerprint density at radius 2 is 2.19 bits per heavy atom. The van der Waals surface area contributed by atoms with Crippen molar-refractivity contribution in [1.82, 2.24) is 14.9 Å². The molecular weight excluding hydrogens is 348 g/mol. The van der Waals surface area contributed by atoms with Gasteiger partial charge in [-0.15, -0.1) is 0 Å². The first kappa shape index (κ1) is 17.1. The van der Waals surface area contributed by atoms with Crippen LogP contribution in [0.1, 0.15) is 24.2 Å². The van der Waals surface area contributed by atoms with Gasteiger partial charge in [0.1, 0.15) is 5.82 Å². The molecule has 1 atom stereocenters. The van der Waals surface area contributed by atoms with Crippen molar-refractivity contribution in [1.29, 1.82) is 0 Å². The number of anilines is 1. The molecule has 1 aliphatic heterocycles. The summed E-state index contributed by atoms with van der Waals surface area (Å²) in [6.07, 6.45) is 1.92. The Hall–Kier alpha value is -2.37. The Morgan fingerprint density at radius 3 is 3.00 bits per heavy atom. The number of halogens is 1. The minimum Gasteiger partial charge on any atom is -0.325 e. The number of fused-ring (bicyclic) bond motifs is 1. The van der Waals surface area contributed by atoms with Crippen LogP contribution in [-0.2, 0) is 11.3 Å². The summed E-state index contributed by atoms with van der Waals surface area (Å²) in [5.41, 5.74) is 3.77. The number of imidazole rings is 1. The lowest BCUT2D eigenvalue weighted by molar-refractivity contribution is -0.117. The van der Waals surface area contributed by atoms with E-state index in [1.807, 2.05) is 43.3 Å². The second kappa shape index (κ2) is 7.09. The van der Waals surface area contributed by atoms with Gasteiger partial charge in [-0.2, -0.15) is 0 Å². The third-order valence-electron chi connectivity index (χ3n) is 4.86. The van der Waals surface area contributed by atoms with Crippen LogP contribution in [-0.4, -0.2) is 28.0 Å². The number of para-hydroxylation sites is 2. The van der Waals surface area contributed by atoms with Crippen LogP contribution in [0.2, 0.25) is 5.02 Å². The number of hydrogen-bond donors (Lipinski definition) is 2. The zero-order valence-corrected chi connectivity index (χ0v) is 15.4. The van der Waals surface area contributed by atoms with Crippen molar-refractivity contribution in [2.75, 3.05) is 11.9 Å². The number of nitrogens with zero attached hydrogens (tertiary/aromatic N) is 2. The number of amides is 1. The molecule has 1 fully saturated rings.